The molecule has 7 nitrogen and oxygen atoms in total. The van der Waals surface area contributed by atoms with Crippen LogP contribution in [0.3, 0.4) is 0 Å². The van der Waals surface area contributed by atoms with Crippen LogP contribution in [0.5, 0.6) is 0 Å². The summed E-state index contributed by atoms with van der Waals surface area (Å²) in [4.78, 5) is 27.8. The van der Waals surface area contributed by atoms with Crippen LogP contribution in [0, 0.1) is 12.8 Å². The molecule has 1 N–H and O–H groups in total. The molecule has 0 heterocycles. The molecule has 0 aliphatic carbocycles. The number of rotatable bonds is 13. The van der Waals surface area contributed by atoms with Gasteiger partial charge in [-0.3, -0.25) is 13.9 Å². The van der Waals surface area contributed by atoms with Crippen LogP contribution in [0.15, 0.2) is 48.5 Å². The third kappa shape index (κ3) is 8.66. The number of amides is 2. The first-order valence-corrected chi connectivity index (χ1v) is 14.5. The Morgan fingerprint density at radius 3 is 2.19 bits per heavy atom. The Labute approximate surface area is 216 Å². The highest BCUT2D eigenvalue weighted by Crippen LogP contribution is 2.20. The minimum absolute atomic E-state index is 0.132. The van der Waals surface area contributed by atoms with Gasteiger partial charge in [0, 0.05) is 26.1 Å². The molecule has 0 bridgehead atoms. The van der Waals surface area contributed by atoms with E-state index < -0.39 is 16.1 Å². The SMILES string of the molecule is CCc1ccc(N(CCCC(=O)N(Cc2ccccc2C)C(C)C(=O)NCC(C)C)S(C)(=O)=O)cc1. The molecule has 8 heteroatoms. The standard InChI is InChI=1S/C28H41N3O4S/c1-7-24-14-16-26(17-15-24)31(36(6,34)35)18-10-13-27(32)30(20-25-12-9-8-11-22(25)4)23(5)28(33)29-19-21(2)3/h8-9,11-12,14-17,21,23H,7,10,13,18-20H2,1-6H3,(H,29,33). The molecule has 0 fully saturated rings. The van der Waals surface area contributed by atoms with E-state index in [1.165, 1.54) is 10.6 Å². The molecule has 0 spiro atoms. The molecule has 0 radical (unpaired) electrons. The van der Waals surface area contributed by atoms with Gasteiger partial charge in [-0.25, -0.2) is 8.42 Å². The lowest BCUT2D eigenvalue weighted by molar-refractivity contribution is -0.140. The molecule has 0 aliphatic heterocycles. The number of nitrogens with one attached hydrogen (secondary N) is 1. The molecule has 2 aromatic carbocycles. The van der Waals surface area contributed by atoms with Gasteiger partial charge in [-0.05, 0) is 61.4 Å². The normalized spacial score (nSPS) is 12.3. The molecule has 2 amide bonds. The summed E-state index contributed by atoms with van der Waals surface area (Å²) in [7, 11) is -3.51. The number of carbonyl (C=O) groups is 2. The van der Waals surface area contributed by atoms with Gasteiger partial charge >= 0.3 is 0 Å². The number of nitrogens with zero attached hydrogens (tertiary/aromatic N) is 2. The van der Waals surface area contributed by atoms with E-state index >= 15 is 0 Å². The average molecular weight is 516 g/mol. The zero-order valence-electron chi connectivity index (χ0n) is 22.5. The Bertz CT molecular complexity index is 1110. The van der Waals surface area contributed by atoms with Gasteiger partial charge in [-0.2, -0.15) is 0 Å². The lowest BCUT2D eigenvalue weighted by Gasteiger charge is -2.30. The van der Waals surface area contributed by atoms with E-state index in [2.05, 4.69) is 5.32 Å². The summed E-state index contributed by atoms with van der Waals surface area (Å²) < 4.78 is 26.3. The molecule has 2 aromatic rings. The van der Waals surface area contributed by atoms with Crippen LogP contribution in [-0.2, 0) is 32.6 Å². The van der Waals surface area contributed by atoms with Crippen molar-refractivity contribution in [2.75, 3.05) is 23.7 Å². The maximum atomic E-state index is 13.4. The zero-order valence-corrected chi connectivity index (χ0v) is 23.3. The second-order valence-electron chi connectivity index (χ2n) is 9.72. The highest BCUT2D eigenvalue weighted by Gasteiger charge is 2.27. The van der Waals surface area contributed by atoms with Gasteiger partial charge in [0.1, 0.15) is 6.04 Å². The van der Waals surface area contributed by atoms with Crippen LogP contribution in [0.25, 0.3) is 0 Å². The highest BCUT2D eigenvalue weighted by atomic mass is 32.2. The maximum absolute atomic E-state index is 13.4. The van der Waals surface area contributed by atoms with Gasteiger partial charge in [0.25, 0.3) is 0 Å². The Morgan fingerprint density at radius 1 is 1.00 bits per heavy atom. The summed E-state index contributed by atoms with van der Waals surface area (Å²) in [6, 6.07) is 14.6. The molecule has 1 atom stereocenters. The van der Waals surface area contributed by atoms with E-state index in [9.17, 15) is 18.0 Å². The Hall–Kier alpha value is -2.87. The number of aryl methyl sites for hydroxylation is 2. The van der Waals surface area contributed by atoms with Crippen molar-refractivity contribution < 1.29 is 18.0 Å². The van der Waals surface area contributed by atoms with Crippen LogP contribution in [-0.4, -0.2) is 50.5 Å². The summed E-state index contributed by atoms with van der Waals surface area (Å²) in [5, 5.41) is 2.92. The van der Waals surface area contributed by atoms with Gasteiger partial charge in [0.15, 0.2) is 0 Å². The topological polar surface area (TPSA) is 86.8 Å². The number of anilines is 1. The van der Waals surface area contributed by atoms with Gasteiger partial charge in [-0.1, -0.05) is 57.2 Å². The zero-order chi connectivity index (χ0) is 26.9. The Morgan fingerprint density at radius 2 is 1.64 bits per heavy atom. The number of hydrogen-bond donors (Lipinski definition) is 1. The minimum atomic E-state index is -3.51. The van der Waals surface area contributed by atoms with Crippen LogP contribution < -0.4 is 9.62 Å². The Kier molecular flexibility index (Phi) is 11.0. The van der Waals surface area contributed by atoms with Crippen molar-refractivity contribution in [1.82, 2.24) is 10.2 Å². The number of benzene rings is 2. The molecular formula is C28H41N3O4S. The van der Waals surface area contributed by atoms with Crippen LogP contribution in [0.4, 0.5) is 5.69 Å². The summed E-state index contributed by atoms with van der Waals surface area (Å²) in [6.07, 6.45) is 2.51. The van der Waals surface area contributed by atoms with Crippen molar-refractivity contribution in [3.8, 4) is 0 Å². The fraction of sp³-hybridized carbons (Fsp3) is 0.500. The minimum Gasteiger partial charge on any atom is -0.354 e. The van der Waals surface area contributed by atoms with Gasteiger partial charge in [0.2, 0.25) is 21.8 Å². The summed E-state index contributed by atoms with van der Waals surface area (Å²) in [5.41, 5.74) is 3.73. The molecule has 0 saturated heterocycles. The quantitative estimate of drug-likeness (QED) is 0.431. The molecule has 2 rings (SSSR count). The third-order valence-electron chi connectivity index (χ3n) is 6.24. The fourth-order valence-corrected chi connectivity index (χ4v) is 4.87. The molecule has 1 unspecified atom stereocenters. The summed E-state index contributed by atoms with van der Waals surface area (Å²) in [5.74, 6) is -0.0744. The van der Waals surface area contributed by atoms with Crippen LogP contribution >= 0.6 is 0 Å². The average Bonchev–Trinajstić information content (AvgIpc) is 2.83. The van der Waals surface area contributed by atoms with Gasteiger partial charge < -0.3 is 10.2 Å². The predicted octanol–water partition coefficient (Wildman–Crippen LogP) is 4.29. The van der Waals surface area contributed by atoms with E-state index in [0.717, 1.165) is 23.1 Å². The molecule has 0 aliphatic rings. The van der Waals surface area contributed by atoms with Crippen molar-refractivity contribution in [1.29, 1.82) is 0 Å². The second-order valence-corrected chi connectivity index (χ2v) is 11.6. The van der Waals surface area contributed by atoms with Crippen molar-refractivity contribution in [3.63, 3.8) is 0 Å². The monoisotopic (exact) mass is 515 g/mol. The third-order valence-corrected chi connectivity index (χ3v) is 7.43. The number of hydrogen-bond acceptors (Lipinski definition) is 4. The summed E-state index contributed by atoms with van der Waals surface area (Å²) >= 11 is 0. The maximum Gasteiger partial charge on any atom is 0.242 e. The molecule has 36 heavy (non-hydrogen) atoms. The van der Waals surface area contributed by atoms with Gasteiger partial charge in [-0.15, -0.1) is 0 Å². The van der Waals surface area contributed by atoms with E-state index in [0.29, 0.717) is 31.1 Å². The van der Waals surface area contributed by atoms with E-state index in [4.69, 9.17) is 0 Å². The smallest absolute Gasteiger partial charge is 0.242 e. The first-order chi connectivity index (χ1) is 16.9. The van der Waals surface area contributed by atoms with Gasteiger partial charge in [0.05, 0.1) is 11.9 Å². The van der Waals surface area contributed by atoms with Crippen molar-refractivity contribution in [2.45, 2.75) is 66.5 Å². The highest BCUT2D eigenvalue weighted by molar-refractivity contribution is 7.92. The second kappa shape index (κ2) is 13.4. The first-order valence-electron chi connectivity index (χ1n) is 12.6. The van der Waals surface area contributed by atoms with Crippen molar-refractivity contribution in [2.24, 2.45) is 5.92 Å². The lowest BCUT2D eigenvalue weighted by atomic mass is 10.1. The van der Waals surface area contributed by atoms with E-state index in [1.54, 1.807) is 24.0 Å². The summed E-state index contributed by atoms with van der Waals surface area (Å²) in [6.45, 7) is 10.8. The van der Waals surface area contributed by atoms with Crippen molar-refractivity contribution >= 4 is 27.5 Å². The number of sulfonamides is 1. The predicted molar refractivity (Wildman–Crippen MR) is 146 cm³/mol. The Balaban J connectivity index is 2.16. The first kappa shape index (κ1) is 29.4. The van der Waals surface area contributed by atoms with E-state index in [1.807, 2.05) is 64.1 Å². The fourth-order valence-electron chi connectivity index (χ4n) is 3.91. The number of carbonyl (C=O) groups excluding carboxylic acids is 2. The van der Waals surface area contributed by atoms with E-state index in [-0.39, 0.29) is 24.8 Å². The molecule has 0 aromatic heterocycles. The molecule has 198 valence electrons. The van der Waals surface area contributed by atoms with Crippen LogP contribution in [0.1, 0.15) is 57.2 Å². The molecular weight excluding hydrogens is 474 g/mol. The lowest BCUT2D eigenvalue weighted by Crippen LogP contribution is -2.48. The largest absolute Gasteiger partial charge is 0.354 e. The van der Waals surface area contributed by atoms with Crippen LogP contribution in [0.2, 0.25) is 0 Å². The van der Waals surface area contributed by atoms with Crippen molar-refractivity contribution in [3.05, 3.63) is 65.2 Å². The molecule has 0 saturated carbocycles.